The summed E-state index contributed by atoms with van der Waals surface area (Å²) in [4.78, 5) is 0. The molecule has 0 aromatic heterocycles. The first-order valence-electron chi connectivity index (χ1n) is 9.22. The van der Waals surface area contributed by atoms with E-state index in [2.05, 4.69) is 28.7 Å². The minimum atomic E-state index is -0.454. The lowest BCUT2D eigenvalue weighted by atomic mass is 10.0. The Morgan fingerprint density at radius 1 is 1.07 bits per heavy atom. The highest BCUT2D eigenvalue weighted by molar-refractivity contribution is 14.1. The number of allylic oxidation sites excluding steroid dienone is 1. The zero-order chi connectivity index (χ0) is 21.5. The van der Waals surface area contributed by atoms with E-state index in [0.29, 0.717) is 23.7 Å². The van der Waals surface area contributed by atoms with E-state index in [1.807, 2.05) is 13.0 Å². The van der Waals surface area contributed by atoms with E-state index < -0.39 is 5.82 Å². The Morgan fingerprint density at radius 3 is 2.47 bits per heavy atom. The predicted molar refractivity (Wildman–Crippen MR) is 121 cm³/mol. The molecule has 0 saturated heterocycles. The fourth-order valence-corrected chi connectivity index (χ4v) is 3.61. The molecule has 0 aliphatic carbocycles. The quantitative estimate of drug-likeness (QED) is 0.201. The summed E-state index contributed by atoms with van der Waals surface area (Å²) >= 11 is 2.13. The molecule has 0 aliphatic rings. The first-order chi connectivity index (χ1) is 14.5. The van der Waals surface area contributed by atoms with Crippen molar-refractivity contribution >= 4 is 34.2 Å². The van der Waals surface area contributed by atoms with Crippen LogP contribution in [0.25, 0.3) is 11.6 Å². The van der Waals surface area contributed by atoms with Crippen LogP contribution in [0.2, 0.25) is 0 Å². The first kappa shape index (κ1) is 21.8. The number of nitrogens with zero attached hydrogens (tertiary/aromatic N) is 1. The van der Waals surface area contributed by atoms with Crippen LogP contribution < -0.4 is 9.47 Å². The molecule has 3 aromatic rings. The van der Waals surface area contributed by atoms with Crippen molar-refractivity contribution in [1.29, 1.82) is 5.26 Å². The lowest BCUT2D eigenvalue weighted by Crippen LogP contribution is -2.02. The van der Waals surface area contributed by atoms with Gasteiger partial charge in [-0.3, -0.25) is 0 Å². The van der Waals surface area contributed by atoms with Gasteiger partial charge in [-0.1, -0.05) is 30.3 Å². The Bertz CT molecular complexity index is 1110. The fraction of sp³-hybridized carbons (Fsp3) is 0.125. The Hall–Kier alpha value is -2.92. The van der Waals surface area contributed by atoms with Gasteiger partial charge in [0.15, 0.2) is 11.5 Å². The fourth-order valence-electron chi connectivity index (χ4n) is 2.83. The zero-order valence-corrected chi connectivity index (χ0v) is 18.3. The van der Waals surface area contributed by atoms with Crippen molar-refractivity contribution in [3.8, 4) is 17.6 Å². The van der Waals surface area contributed by atoms with Gasteiger partial charge in [0.1, 0.15) is 18.2 Å². The van der Waals surface area contributed by atoms with Gasteiger partial charge >= 0.3 is 0 Å². The Balaban J connectivity index is 1.93. The lowest BCUT2D eigenvalue weighted by Gasteiger charge is -2.15. The van der Waals surface area contributed by atoms with Crippen LogP contribution in [0.3, 0.4) is 0 Å². The van der Waals surface area contributed by atoms with E-state index in [4.69, 9.17) is 9.47 Å². The van der Waals surface area contributed by atoms with Crippen molar-refractivity contribution in [2.45, 2.75) is 13.5 Å². The van der Waals surface area contributed by atoms with Crippen molar-refractivity contribution in [3.63, 3.8) is 0 Å². The summed E-state index contributed by atoms with van der Waals surface area (Å²) in [6.07, 6.45) is 1.62. The maximum Gasteiger partial charge on any atom is 0.175 e. The molecule has 0 heterocycles. The van der Waals surface area contributed by atoms with Crippen molar-refractivity contribution in [2.75, 3.05) is 6.61 Å². The maximum atomic E-state index is 14.1. The van der Waals surface area contributed by atoms with Crippen LogP contribution in [0, 0.1) is 26.5 Å². The SMILES string of the molecule is CCOc1cc(/C=C(/C#N)c2ccccc2F)cc(I)c1OCc1ccc(F)cc1. The molecule has 0 spiro atoms. The van der Waals surface area contributed by atoms with Crippen LogP contribution >= 0.6 is 22.6 Å². The van der Waals surface area contributed by atoms with E-state index in [1.54, 1.807) is 42.5 Å². The molecular weight excluding hydrogens is 499 g/mol. The van der Waals surface area contributed by atoms with E-state index in [0.717, 1.165) is 9.13 Å². The third-order valence-electron chi connectivity index (χ3n) is 4.22. The normalized spacial score (nSPS) is 11.1. The minimum Gasteiger partial charge on any atom is -0.490 e. The molecule has 0 N–H and O–H groups in total. The Morgan fingerprint density at radius 2 is 1.80 bits per heavy atom. The van der Waals surface area contributed by atoms with Gasteiger partial charge in [-0.15, -0.1) is 0 Å². The summed E-state index contributed by atoms with van der Waals surface area (Å²) < 4.78 is 39.6. The van der Waals surface area contributed by atoms with Crippen LogP contribution in [0.4, 0.5) is 8.78 Å². The number of halogens is 3. The third kappa shape index (κ3) is 5.36. The molecule has 0 fully saturated rings. The second kappa shape index (κ2) is 10.2. The molecule has 152 valence electrons. The summed E-state index contributed by atoms with van der Waals surface area (Å²) in [5, 5.41) is 9.52. The van der Waals surface area contributed by atoms with Gasteiger partial charge < -0.3 is 9.47 Å². The van der Waals surface area contributed by atoms with Gasteiger partial charge in [-0.2, -0.15) is 5.26 Å². The topological polar surface area (TPSA) is 42.2 Å². The smallest absolute Gasteiger partial charge is 0.175 e. The highest BCUT2D eigenvalue weighted by atomic mass is 127. The monoisotopic (exact) mass is 517 g/mol. The minimum absolute atomic E-state index is 0.214. The summed E-state index contributed by atoms with van der Waals surface area (Å²) in [5.74, 6) is 0.318. The van der Waals surface area contributed by atoms with E-state index in [1.165, 1.54) is 18.2 Å². The van der Waals surface area contributed by atoms with E-state index in [9.17, 15) is 14.0 Å². The standard InChI is InChI=1S/C24H18F2INO2/c1-2-29-23-13-17(11-18(14-28)20-5-3-4-6-21(20)26)12-22(27)24(23)30-15-16-7-9-19(25)10-8-16/h3-13H,2,15H2,1H3/b18-11-. The second-order valence-corrected chi connectivity index (χ2v) is 7.49. The second-order valence-electron chi connectivity index (χ2n) is 6.33. The number of nitriles is 1. The highest BCUT2D eigenvalue weighted by Gasteiger charge is 2.14. The van der Waals surface area contributed by atoms with Gasteiger partial charge in [0, 0.05) is 5.56 Å². The summed E-state index contributed by atoms with van der Waals surface area (Å²) in [7, 11) is 0. The molecule has 0 atom stereocenters. The van der Waals surface area contributed by atoms with Gasteiger partial charge in [0.25, 0.3) is 0 Å². The maximum absolute atomic E-state index is 14.1. The number of ether oxygens (including phenoxy) is 2. The molecule has 6 heteroatoms. The molecule has 0 saturated carbocycles. The number of hydrogen-bond donors (Lipinski definition) is 0. The predicted octanol–water partition coefficient (Wildman–Crippen LogP) is 6.61. The lowest BCUT2D eigenvalue weighted by molar-refractivity contribution is 0.267. The molecule has 0 amide bonds. The molecule has 3 rings (SSSR count). The van der Waals surface area contributed by atoms with Crippen molar-refractivity contribution < 1.29 is 18.3 Å². The molecule has 0 unspecified atom stereocenters. The third-order valence-corrected chi connectivity index (χ3v) is 5.02. The summed E-state index contributed by atoms with van der Waals surface area (Å²) in [5.41, 5.74) is 1.97. The highest BCUT2D eigenvalue weighted by Crippen LogP contribution is 2.36. The van der Waals surface area contributed by atoms with E-state index in [-0.39, 0.29) is 23.6 Å². The molecule has 0 radical (unpaired) electrons. The molecule has 0 bridgehead atoms. The van der Waals surface area contributed by atoms with Crippen molar-refractivity contribution in [2.24, 2.45) is 0 Å². The molecular formula is C24H18F2INO2. The number of benzene rings is 3. The molecule has 3 nitrogen and oxygen atoms in total. The van der Waals surface area contributed by atoms with Gasteiger partial charge in [0.05, 0.1) is 21.8 Å². The molecule has 0 aliphatic heterocycles. The van der Waals surface area contributed by atoms with Gasteiger partial charge in [-0.05, 0) is 77.0 Å². The van der Waals surface area contributed by atoms with Crippen LogP contribution in [0.5, 0.6) is 11.5 Å². The largest absolute Gasteiger partial charge is 0.490 e. The molecule has 30 heavy (non-hydrogen) atoms. The number of hydrogen-bond acceptors (Lipinski definition) is 3. The summed E-state index contributed by atoms with van der Waals surface area (Å²) in [6.45, 7) is 2.54. The molecule has 3 aromatic carbocycles. The van der Waals surface area contributed by atoms with Crippen molar-refractivity contribution in [3.05, 3.63) is 92.6 Å². The van der Waals surface area contributed by atoms with Crippen LogP contribution in [-0.4, -0.2) is 6.61 Å². The van der Waals surface area contributed by atoms with Crippen LogP contribution in [-0.2, 0) is 6.61 Å². The Labute approximate surface area is 187 Å². The van der Waals surface area contributed by atoms with Crippen molar-refractivity contribution in [1.82, 2.24) is 0 Å². The average molecular weight is 517 g/mol. The van der Waals surface area contributed by atoms with Crippen LogP contribution in [0.15, 0.2) is 60.7 Å². The first-order valence-corrected chi connectivity index (χ1v) is 10.3. The van der Waals surface area contributed by atoms with Crippen LogP contribution in [0.1, 0.15) is 23.6 Å². The number of rotatable bonds is 7. The van der Waals surface area contributed by atoms with E-state index >= 15 is 0 Å². The van der Waals surface area contributed by atoms with Gasteiger partial charge in [-0.25, -0.2) is 8.78 Å². The average Bonchev–Trinajstić information content (AvgIpc) is 2.73. The Kier molecular flexibility index (Phi) is 7.41. The summed E-state index contributed by atoms with van der Waals surface area (Å²) in [6, 6.07) is 17.9. The zero-order valence-electron chi connectivity index (χ0n) is 16.2. The van der Waals surface area contributed by atoms with Gasteiger partial charge in [0.2, 0.25) is 0 Å².